The lowest BCUT2D eigenvalue weighted by atomic mass is 10.0. The lowest BCUT2D eigenvalue weighted by Crippen LogP contribution is -2.14. The van der Waals surface area contributed by atoms with Crippen LogP contribution >= 0.6 is 0 Å². The zero-order valence-corrected chi connectivity index (χ0v) is 13.3. The molecule has 116 valence electrons. The quantitative estimate of drug-likeness (QED) is 0.840. The van der Waals surface area contributed by atoms with Gasteiger partial charge < -0.3 is 5.32 Å². The van der Waals surface area contributed by atoms with Gasteiger partial charge >= 0.3 is 0 Å². The predicted octanol–water partition coefficient (Wildman–Crippen LogP) is 4.05. The molecule has 0 spiro atoms. The maximum absolute atomic E-state index is 12.5. The van der Waals surface area contributed by atoms with E-state index in [1.165, 1.54) is 18.4 Å². The number of aromatic nitrogens is 2. The molecule has 0 atom stereocenters. The third kappa shape index (κ3) is 3.06. The first-order chi connectivity index (χ1) is 10.6. The number of nitrogens with zero attached hydrogens (tertiary/aromatic N) is 1. The highest BCUT2D eigenvalue weighted by atomic mass is 16.1. The minimum atomic E-state index is -0.111. The summed E-state index contributed by atoms with van der Waals surface area (Å²) in [7, 11) is 0. The van der Waals surface area contributed by atoms with E-state index in [0.717, 1.165) is 36.2 Å². The fraction of sp³-hybridized carbons (Fsp3) is 0.444. The van der Waals surface area contributed by atoms with E-state index in [-0.39, 0.29) is 5.91 Å². The van der Waals surface area contributed by atoms with Crippen molar-refractivity contribution >= 4 is 11.6 Å². The standard InChI is InChI=1S/C18H23N3O/c1-12(2)13-7-6-8-14(11-13)19-18(22)17-15-9-4-3-5-10-16(15)20-21-17/h6-8,11-12H,3-5,9-10H2,1-2H3,(H,19,22)(H,20,21). The van der Waals surface area contributed by atoms with Gasteiger partial charge in [-0.15, -0.1) is 0 Å². The number of nitrogens with one attached hydrogen (secondary N) is 2. The largest absolute Gasteiger partial charge is 0.321 e. The molecule has 1 aliphatic carbocycles. The number of H-pyrrole nitrogens is 1. The monoisotopic (exact) mass is 297 g/mol. The molecule has 2 aromatic rings. The number of hydrogen-bond acceptors (Lipinski definition) is 2. The normalized spacial score (nSPS) is 14.5. The molecular formula is C18H23N3O. The summed E-state index contributed by atoms with van der Waals surface area (Å²) in [5.74, 6) is 0.332. The number of carbonyl (C=O) groups excluding carboxylic acids is 1. The summed E-state index contributed by atoms with van der Waals surface area (Å²) < 4.78 is 0. The number of aryl methyl sites for hydroxylation is 1. The summed E-state index contributed by atoms with van der Waals surface area (Å²) in [5, 5.41) is 10.3. The molecule has 1 heterocycles. The van der Waals surface area contributed by atoms with Crippen LogP contribution in [0.25, 0.3) is 0 Å². The summed E-state index contributed by atoms with van der Waals surface area (Å²) in [5.41, 5.74) is 4.86. The van der Waals surface area contributed by atoms with E-state index >= 15 is 0 Å². The number of amides is 1. The Kier molecular flexibility index (Phi) is 4.27. The lowest BCUT2D eigenvalue weighted by Gasteiger charge is -2.09. The van der Waals surface area contributed by atoms with Crippen molar-refractivity contribution in [3.8, 4) is 0 Å². The van der Waals surface area contributed by atoms with Crippen LogP contribution in [0, 0.1) is 0 Å². The van der Waals surface area contributed by atoms with Gasteiger partial charge in [0.2, 0.25) is 0 Å². The molecule has 2 N–H and O–H groups in total. The molecule has 22 heavy (non-hydrogen) atoms. The Labute approximate surface area is 131 Å². The second-order valence-corrected chi connectivity index (χ2v) is 6.32. The van der Waals surface area contributed by atoms with Gasteiger partial charge in [0.15, 0.2) is 5.69 Å². The SMILES string of the molecule is CC(C)c1cccc(NC(=O)c2n[nH]c3c2CCCCC3)c1. The molecule has 0 radical (unpaired) electrons. The summed E-state index contributed by atoms with van der Waals surface area (Å²) in [6.07, 6.45) is 5.47. The number of hydrogen-bond donors (Lipinski definition) is 2. The van der Waals surface area contributed by atoms with E-state index in [4.69, 9.17) is 0 Å². The van der Waals surface area contributed by atoms with Crippen molar-refractivity contribution in [1.29, 1.82) is 0 Å². The molecule has 1 aromatic heterocycles. The molecule has 0 unspecified atom stereocenters. The van der Waals surface area contributed by atoms with Crippen molar-refractivity contribution in [1.82, 2.24) is 10.2 Å². The van der Waals surface area contributed by atoms with Crippen molar-refractivity contribution in [2.75, 3.05) is 5.32 Å². The van der Waals surface area contributed by atoms with Gasteiger partial charge in [-0.05, 0) is 49.3 Å². The average Bonchev–Trinajstić information content (AvgIpc) is 2.76. The van der Waals surface area contributed by atoms with E-state index in [9.17, 15) is 4.79 Å². The Balaban J connectivity index is 1.80. The van der Waals surface area contributed by atoms with Crippen LogP contribution < -0.4 is 5.32 Å². The van der Waals surface area contributed by atoms with Crippen LogP contribution in [0.3, 0.4) is 0 Å². The van der Waals surface area contributed by atoms with E-state index in [1.807, 2.05) is 18.2 Å². The summed E-state index contributed by atoms with van der Waals surface area (Å²) in [6.45, 7) is 4.29. The van der Waals surface area contributed by atoms with E-state index in [2.05, 4.69) is 35.4 Å². The third-order valence-corrected chi connectivity index (χ3v) is 4.33. The zero-order valence-electron chi connectivity index (χ0n) is 13.3. The van der Waals surface area contributed by atoms with Gasteiger partial charge in [0.1, 0.15) is 0 Å². The fourth-order valence-electron chi connectivity index (χ4n) is 3.01. The average molecular weight is 297 g/mol. The highest BCUT2D eigenvalue weighted by molar-refractivity contribution is 6.04. The van der Waals surface area contributed by atoms with Crippen molar-refractivity contribution in [2.24, 2.45) is 0 Å². The molecule has 0 saturated carbocycles. The number of carbonyl (C=O) groups is 1. The third-order valence-electron chi connectivity index (χ3n) is 4.33. The Hall–Kier alpha value is -2.10. The van der Waals surface area contributed by atoms with Gasteiger partial charge in [0.05, 0.1) is 0 Å². The maximum atomic E-state index is 12.5. The zero-order chi connectivity index (χ0) is 15.5. The predicted molar refractivity (Wildman–Crippen MR) is 88.3 cm³/mol. The molecule has 1 amide bonds. The van der Waals surface area contributed by atoms with Gasteiger partial charge in [0, 0.05) is 16.9 Å². The first-order valence-corrected chi connectivity index (χ1v) is 8.12. The molecule has 3 rings (SSSR count). The summed E-state index contributed by atoms with van der Waals surface area (Å²) in [4.78, 5) is 12.5. The maximum Gasteiger partial charge on any atom is 0.276 e. The lowest BCUT2D eigenvalue weighted by molar-refractivity contribution is 0.102. The minimum absolute atomic E-state index is 0.111. The van der Waals surface area contributed by atoms with Crippen molar-refractivity contribution < 1.29 is 4.79 Å². The number of aromatic amines is 1. The Bertz CT molecular complexity index is 673. The number of benzene rings is 1. The van der Waals surface area contributed by atoms with Crippen LogP contribution in [0.15, 0.2) is 24.3 Å². The van der Waals surface area contributed by atoms with E-state index in [0.29, 0.717) is 11.6 Å². The molecule has 0 bridgehead atoms. The molecule has 0 saturated heterocycles. The molecular weight excluding hydrogens is 274 g/mol. The first-order valence-electron chi connectivity index (χ1n) is 8.12. The number of rotatable bonds is 3. The summed E-state index contributed by atoms with van der Waals surface area (Å²) in [6, 6.07) is 8.03. The smallest absolute Gasteiger partial charge is 0.276 e. The van der Waals surface area contributed by atoms with Crippen LogP contribution in [-0.4, -0.2) is 16.1 Å². The van der Waals surface area contributed by atoms with Crippen molar-refractivity contribution in [3.05, 3.63) is 46.8 Å². The topological polar surface area (TPSA) is 57.8 Å². The Morgan fingerprint density at radius 2 is 2.05 bits per heavy atom. The van der Waals surface area contributed by atoms with Gasteiger partial charge in [-0.1, -0.05) is 32.4 Å². The van der Waals surface area contributed by atoms with Crippen LogP contribution in [0.2, 0.25) is 0 Å². The number of anilines is 1. The fourth-order valence-corrected chi connectivity index (χ4v) is 3.01. The van der Waals surface area contributed by atoms with Crippen molar-refractivity contribution in [3.63, 3.8) is 0 Å². The van der Waals surface area contributed by atoms with Crippen LogP contribution in [0.5, 0.6) is 0 Å². The van der Waals surface area contributed by atoms with Gasteiger partial charge in [-0.3, -0.25) is 9.89 Å². The summed E-state index contributed by atoms with van der Waals surface area (Å²) >= 11 is 0. The molecule has 1 aromatic carbocycles. The molecule has 1 aliphatic rings. The first kappa shape index (κ1) is 14.8. The van der Waals surface area contributed by atoms with Gasteiger partial charge in [0.25, 0.3) is 5.91 Å². The highest BCUT2D eigenvalue weighted by Crippen LogP contribution is 2.23. The highest BCUT2D eigenvalue weighted by Gasteiger charge is 2.20. The second-order valence-electron chi connectivity index (χ2n) is 6.32. The Morgan fingerprint density at radius 1 is 1.23 bits per heavy atom. The van der Waals surface area contributed by atoms with E-state index in [1.54, 1.807) is 0 Å². The van der Waals surface area contributed by atoms with Crippen LogP contribution in [0.4, 0.5) is 5.69 Å². The molecule has 0 aliphatic heterocycles. The van der Waals surface area contributed by atoms with Gasteiger partial charge in [-0.25, -0.2) is 0 Å². The van der Waals surface area contributed by atoms with Gasteiger partial charge in [-0.2, -0.15) is 5.10 Å². The molecule has 4 heteroatoms. The molecule has 0 fully saturated rings. The minimum Gasteiger partial charge on any atom is -0.321 e. The second kappa shape index (κ2) is 6.34. The van der Waals surface area contributed by atoms with Crippen LogP contribution in [0.1, 0.15) is 66.3 Å². The Morgan fingerprint density at radius 3 is 2.86 bits per heavy atom. The molecule has 4 nitrogen and oxygen atoms in total. The number of fused-ring (bicyclic) bond motifs is 1. The van der Waals surface area contributed by atoms with Crippen LogP contribution in [-0.2, 0) is 12.8 Å². The van der Waals surface area contributed by atoms with E-state index < -0.39 is 0 Å². The van der Waals surface area contributed by atoms with Crippen molar-refractivity contribution in [2.45, 2.75) is 51.9 Å².